The van der Waals surface area contributed by atoms with Crippen molar-refractivity contribution < 1.29 is 17.9 Å². The van der Waals surface area contributed by atoms with Crippen molar-refractivity contribution in [2.24, 2.45) is 5.92 Å². The van der Waals surface area contributed by atoms with Gasteiger partial charge in [-0.05, 0) is 38.0 Å². The van der Waals surface area contributed by atoms with E-state index >= 15 is 0 Å². The van der Waals surface area contributed by atoms with Gasteiger partial charge in [0, 0.05) is 19.1 Å². The molecule has 0 unspecified atom stereocenters. The van der Waals surface area contributed by atoms with Crippen LogP contribution in [0.5, 0.6) is 0 Å². The van der Waals surface area contributed by atoms with Crippen molar-refractivity contribution in [2.75, 3.05) is 25.4 Å². The molecule has 1 amide bonds. The Kier molecular flexibility index (Phi) is 6.23. The highest BCUT2D eigenvalue weighted by Crippen LogP contribution is 2.23. The van der Waals surface area contributed by atoms with Crippen molar-refractivity contribution in [2.45, 2.75) is 58.1 Å². The number of hydrogen-bond acceptors (Lipinski definition) is 4. The van der Waals surface area contributed by atoms with E-state index in [9.17, 15) is 13.2 Å². The zero-order valence-corrected chi connectivity index (χ0v) is 14.4. The van der Waals surface area contributed by atoms with Crippen LogP contribution in [-0.4, -0.2) is 56.8 Å². The third kappa shape index (κ3) is 5.21. The molecule has 2 fully saturated rings. The quantitative estimate of drug-likeness (QED) is 0.819. The summed E-state index contributed by atoms with van der Waals surface area (Å²) >= 11 is 0. The normalized spacial score (nSPS) is 30.3. The third-order valence-corrected chi connectivity index (χ3v) is 5.94. The standard InChI is InChI=1S/C15H28N2O4S/c1-3-14-10-17(8-9-21-14)15(18)11-22(19,20)16-13-6-4-12(2)5-7-13/h12-14,16H,3-11H2,1-2H3/t12?,13?,14-/m0/s1. The zero-order valence-electron chi connectivity index (χ0n) is 13.6. The monoisotopic (exact) mass is 332 g/mol. The van der Waals surface area contributed by atoms with Gasteiger partial charge in [-0.25, -0.2) is 13.1 Å². The smallest absolute Gasteiger partial charge is 0.239 e. The first kappa shape index (κ1) is 17.7. The van der Waals surface area contributed by atoms with E-state index in [4.69, 9.17) is 4.74 Å². The first-order valence-electron chi connectivity index (χ1n) is 8.29. The zero-order chi connectivity index (χ0) is 16.2. The largest absolute Gasteiger partial charge is 0.375 e. The van der Waals surface area contributed by atoms with Gasteiger partial charge in [0.1, 0.15) is 5.75 Å². The van der Waals surface area contributed by atoms with E-state index in [-0.39, 0.29) is 18.1 Å². The molecule has 22 heavy (non-hydrogen) atoms. The summed E-state index contributed by atoms with van der Waals surface area (Å²) in [5, 5.41) is 0. The van der Waals surface area contributed by atoms with Crippen LogP contribution in [0.2, 0.25) is 0 Å². The van der Waals surface area contributed by atoms with Crippen LogP contribution in [0, 0.1) is 5.92 Å². The van der Waals surface area contributed by atoms with E-state index in [1.54, 1.807) is 4.90 Å². The lowest BCUT2D eigenvalue weighted by atomic mass is 9.88. The summed E-state index contributed by atoms with van der Waals surface area (Å²) < 4.78 is 32.6. The van der Waals surface area contributed by atoms with Gasteiger partial charge >= 0.3 is 0 Å². The average Bonchev–Trinajstić information content (AvgIpc) is 2.49. The fourth-order valence-electron chi connectivity index (χ4n) is 3.12. The van der Waals surface area contributed by atoms with Gasteiger partial charge < -0.3 is 9.64 Å². The van der Waals surface area contributed by atoms with Crippen molar-refractivity contribution >= 4 is 15.9 Å². The molecular formula is C15H28N2O4S. The number of rotatable bonds is 5. The fraction of sp³-hybridized carbons (Fsp3) is 0.933. The molecule has 1 atom stereocenters. The minimum absolute atomic E-state index is 0.0120. The van der Waals surface area contributed by atoms with Crippen LogP contribution in [0.15, 0.2) is 0 Å². The Morgan fingerprint density at radius 1 is 1.27 bits per heavy atom. The Balaban J connectivity index is 1.84. The Hall–Kier alpha value is -0.660. The highest BCUT2D eigenvalue weighted by Gasteiger charge is 2.29. The van der Waals surface area contributed by atoms with Crippen LogP contribution < -0.4 is 4.72 Å². The van der Waals surface area contributed by atoms with Gasteiger partial charge in [0.15, 0.2) is 0 Å². The Labute approximate surface area is 133 Å². The number of nitrogens with zero attached hydrogens (tertiary/aromatic N) is 1. The summed E-state index contributed by atoms with van der Waals surface area (Å²) in [6, 6.07) is -0.0120. The molecule has 0 aromatic heterocycles. The lowest BCUT2D eigenvalue weighted by molar-refractivity contribution is -0.136. The predicted molar refractivity (Wildman–Crippen MR) is 85.0 cm³/mol. The number of sulfonamides is 1. The summed E-state index contributed by atoms with van der Waals surface area (Å²) in [4.78, 5) is 13.8. The van der Waals surface area contributed by atoms with E-state index in [2.05, 4.69) is 11.6 Å². The highest BCUT2D eigenvalue weighted by atomic mass is 32.2. The maximum atomic E-state index is 12.2. The number of carbonyl (C=O) groups is 1. The SMILES string of the molecule is CC[C@H]1CN(C(=O)CS(=O)(=O)NC2CCC(C)CC2)CCO1. The fourth-order valence-corrected chi connectivity index (χ4v) is 4.45. The van der Waals surface area contributed by atoms with Crippen molar-refractivity contribution in [3.8, 4) is 0 Å². The van der Waals surface area contributed by atoms with Gasteiger partial charge in [0.2, 0.25) is 15.9 Å². The topological polar surface area (TPSA) is 75.7 Å². The van der Waals surface area contributed by atoms with Gasteiger partial charge in [0.25, 0.3) is 0 Å². The molecule has 1 N–H and O–H groups in total. The predicted octanol–water partition coefficient (Wildman–Crippen LogP) is 1.12. The van der Waals surface area contributed by atoms with Crippen LogP contribution in [0.3, 0.4) is 0 Å². The molecule has 2 aliphatic rings. The van der Waals surface area contributed by atoms with Crippen molar-refractivity contribution in [3.05, 3.63) is 0 Å². The minimum atomic E-state index is -3.55. The van der Waals surface area contributed by atoms with Crippen LogP contribution >= 0.6 is 0 Å². The van der Waals surface area contributed by atoms with E-state index in [1.165, 1.54) is 0 Å². The molecule has 128 valence electrons. The summed E-state index contributed by atoms with van der Waals surface area (Å²) in [6.45, 7) is 5.65. The molecular weight excluding hydrogens is 304 g/mol. The molecule has 0 bridgehead atoms. The molecule has 6 nitrogen and oxygen atoms in total. The lowest BCUT2D eigenvalue weighted by Gasteiger charge is -2.32. The molecule has 2 rings (SSSR count). The van der Waals surface area contributed by atoms with E-state index < -0.39 is 15.8 Å². The lowest BCUT2D eigenvalue weighted by Crippen LogP contribution is -2.49. The number of hydrogen-bond donors (Lipinski definition) is 1. The summed E-state index contributed by atoms with van der Waals surface area (Å²) in [5.74, 6) is -0.102. The van der Waals surface area contributed by atoms with Crippen molar-refractivity contribution in [3.63, 3.8) is 0 Å². The van der Waals surface area contributed by atoms with Crippen LogP contribution in [0.4, 0.5) is 0 Å². The summed E-state index contributed by atoms with van der Waals surface area (Å²) in [6.07, 6.45) is 4.67. The second-order valence-corrected chi connectivity index (χ2v) is 8.33. The molecule has 0 aromatic rings. The average molecular weight is 332 g/mol. The third-order valence-electron chi connectivity index (χ3n) is 4.62. The number of nitrogens with one attached hydrogen (secondary N) is 1. The summed E-state index contributed by atoms with van der Waals surface area (Å²) in [7, 11) is -3.55. The second kappa shape index (κ2) is 7.75. The molecule has 1 saturated carbocycles. The summed E-state index contributed by atoms with van der Waals surface area (Å²) in [5.41, 5.74) is 0. The first-order valence-corrected chi connectivity index (χ1v) is 9.94. The van der Waals surface area contributed by atoms with Gasteiger partial charge in [-0.15, -0.1) is 0 Å². The first-order chi connectivity index (χ1) is 10.4. The Morgan fingerprint density at radius 3 is 2.59 bits per heavy atom. The van der Waals surface area contributed by atoms with E-state index in [0.717, 1.165) is 32.1 Å². The molecule has 1 aliphatic heterocycles. The van der Waals surface area contributed by atoms with Gasteiger partial charge in [-0.2, -0.15) is 0 Å². The number of ether oxygens (including phenoxy) is 1. The number of morpholine rings is 1. The van der Waals surface area contributed by atoms with Gasteiger partial charge in [0.05, 0.1) is 12.7 Å². The van der Waals surface area contributed by atoms with Crippen LogP contribution in [0.1, 0.15) is 46.0 Å². The Morgan fingerprint density at radius 2 is 1.95 bits per heavy atom. The minimum Gasteiger partial charge on any atom is -0.375 e. The number of amides is 1. The molecule has 1 heterocycles. The molecule has 1 aliphatic carbocycles. The molecule has 0 spiro atoms. The van der Waals surface area contributed by atoms with Crippen molar-refractivity contribution in [1.29, 1.82) is 0 Å². The Bertz CT molecular complexity index is 472. The van der Waals surface area contributed by atoms with Gasteiger partial charge in [-0.3, -0.25) is 4.79 Å². The van der Waals surface area contributed by atoms with Crippen LogP contribution in [-0.2, 0) is 19.6 Å². The van der Waals surface area contributed by atoms with Crippen LogP contribution in [0.25, 0.3) is 0 Å². The molecule has 0 aromatic carbocycles. The highest BCUT2D eigenvalue weighted by molar-refractivity contribution is 7.90. The van der Waals surface area contributed by atoms with Crippen molar-refractivity contribution in [1.82, 2.24) is 9.62 Å². The second-order valence-electron chi connectivity index (χ2n) is 6.57. The number of carbonyl (C=O) groups excluding carboxylic acids is 1. The van der Waals surface area contributed by atoms with Gasteiger partial charge in [-0.1, -0.05) is 13.8 Å². The maximum absolute atomic E-state index is 12.2. The molecule has 1 saturated heterocycles. The van der Waals surface area contributed by atoms with E-state index in [1.807, 2.05) is 6.92 Å². The molecule has 0 radical (unpaired) electrons. The molecule has 7 heteroatoms. The van der Waals surface area contributed by atoms with E-state index in [0.29, 0.717) is 25.6 Å². The maximum Gasteiger partial charge on any atom is 0.239 e.